The highest BCUT2D eigenvalue weighted by Crippen LogP contribution is 2.31. The van der Waals surface area contributed by atoms with Crippen LogP contribution in [-0.2, 0) is 0 Å². The Labute approximate surface area is 144 Å². The Morgan fingerprint density at radius 1 is 1.04 bits per heavy atom. The molecule has 1 aromatic carbocycles. The number of alkyl halides is 6. The first-order valence-corrected chi connectivity index (χ1v) is 7.53. The van der Waals surface area contributed by atoms with Gasteiger partial charge in [0.2, 0.25) is 0 Å². The predicted octanol–water partition coefficient (Wildman–Crippen LogP) is 4.10. The second-order valence-electron chi connectivity index (χ2n) is 5.92. The molecule has 0 unspecified atom stereocenters. The lowest BCUT2D eigenvalue weighted by Gasteiger charge is -2.15. The van der Waals surface area contributed by atoms with Gasteiger partial charge in [0.25, 0.3) is 0 Å². The van der Waals surface area contributed by atoms with E-state index in [1.165, 1.54) is 0 Å². The van der Waals surface area contributed by atoms with Crippen LogP contribution in [0.4, 0.5) is 36.8 Å². The van der Waals surface area contributed by atoms with Crippen LogP contribution in [-0.4, -0.2) is 37.6 Å². The quantitative estimate of drug-likeness (QED) is 0.724. The number of hydrogen-bond acceptors (Lipinski definition) is 3. The van der Waals surface area contributed by atoms with E-state index in [0.717, 1.165) is 24.6 Å². The number of urea groups is 1. The number of halogens is 6. The van der Waals surface area contributed by atoms with Gasteiger partial charge in [-0.3, -0.25) is 0 Å². The van der Waals surface area contributed by atoms with Gasteiger partial charge < -0.3 is 20.1 Å². The lowest BCUT2D eigenvalue weighted by molar-refractivity contribution is -0.153. The largest absolute Gasteiger partial charge is 0.484 e. The second kappa shape index (κ2) is 7.50. The summed E-state index contributed by atoms with van der Waals surface area (Å²) < 4.78 is 82.6. The van der Waals surface area contributed by atoms with Crippen LogP contribution >= 0.6 is 0 Å². The zero-order valence-electron chi connectivity index (χ0n) is 13.5. The molecule has 5 nitrogen and oxygen atoms in total. The molecule has 1 aromatic rings. The van der Waals surface area contributed by atoms with Gasteiger partial charge in [-0.2, -0.15) is 26.3 Å². The molecular formula is C15H16F6N2O3. The van der Waals surface area contributed by atoms with Crippen molar-refractivity contribution in [2.45, 2.75) is 31.7 Å². The second-order valence-corrected chi connectivity index (χ2v) is 5.92. The summed E-state index contributed by atoms with van der Waals surface area (Å²) in [6.07, 6.45) is -8.46. The van der Waals surface area contributed by atoms with E-state index in [2.05, 4.69) is 20.1 Å². The van der Waals surface area contributed by atoms with Gasteiger partial charge in [0.1, 0.15) is 11.5 Å². The number of carbonyl (C=O) groups excluding carboxylic acids is 1. The van der Waals surface area contributed by atoms with Crippen molar-refractivity contribution in [1.82, 2.24) is 5.32 Å². The Bertz CT molecular complexity index is 611. The van der Waals surface area contributed by atoms with Crippen molar-refractivity contribution in [3.05, 3.63) is 18.2 Å². The molecule has 1 aliphatic rings. The molecule has 146 valence electrons. The highest BCUT2D eigenvalue weighted by Gasteiger charge is 2.34. The van der Waals surface area contributed by atoms with E-state index in [1.807, 2.05) is 6.92 Å². The average molecular weight is 386 g/mol. The van der Waals surface area contributed by atoms with Crippen molar-refractivity contribution in [2.24, 2.45) is 5.92 Å². The predicted molar refractivity (Wildman–Crippen MR) is 79.3 cm³/mol. The maximum Gasteiger partial charge on any atom is 0.422 e. The van der Waals surface area contributed by atoms with Crippen LogP contribution in [0.15, 0.2) is 18.2 Å². The molecule has 1 saturated carbocycles. The molecule has 1 fully saturated rings. The monoisotopic (exact) mass is 386 g/mol. The van der Waals surface area contributed by atoms with Crippen molar-refractivity contribution in [2.75, 3.05) is 18.5 Å². The van der Waals surface area contributed by atoms with Crippen LogP contribution in [0.2, 0.25) is 0 Å². The minimum atomic E-state index is -4.63. The van der Waals surface area contributed by atoms with Crippen molar-refractivity contribution < 1.29 is 40.6 Å². The summed E-state index contributed by atoms with van der Waals surface area (Å²) in [6.45, 7) is -1.36. The number of benzene rings is 1. The Morgan fingerprint density at radius 2 is 1.50 bits per heavy atom. The van der Waals surface area contributed by atoms with E-state index in [9.17, 15) is 31.1 Å². The van der Waals surface area contributed by atoms with Crippen molar-refractivity contribution >= 4 is 11.7 Å². The Kier molecular flexibility index (Phi) is 5.77. The molecule has 2 amide bonds. The number of nitrogens with one attached hydrogen (secondary N) is 2. The first kappa shape index (κ1) is 20.0. The molecule has 0 bridgehead atoms. The zero-order chi connectivity index (χ0) is 19.5. The van der Waals surface area contributed by atoms with Gasteiger partial charge in [-0.05, 0) is 12.3 Å². The summed E-state index contributed by atoms with van der Waals surface area (Å²) in [5.74, 6) is -0.470. The van der Waals surface area contributed by atoms with E-state index in [-0.39, 0.29) is 11.7 Å². The fraction of sp³-hybridized carbons (Fsp3) is 0.533. The molecule has 2 rings (SSSR count). The number of rotatable bonds is 6. The fourth-order valence-corrected chi connectivity index (χ4v) is 2.00. The maximum atomic E-state index is 12.3. The van der Waals surface area contributed by atoms with E-state index in [4.69, 9.17) is 0 Å². The van der Waals surface area contributed by atoms with Gasteiger partial charge in [-0.1, -0.05) is 6.92 Å². The van der Waals surface area contributed by atoms with E-state index >= 15 is 0 Å². The van der Waals surface area contributed by atoms with Gasteiger partial charge in [-0.25, -0.2) is 4.79 Å². The third kappa shape index (κ3) is 7.28. The Hall–Kier alpha value is -2.33. The lowest BCUT2D eigenvalue weighted by atomic mass is 10.2. The van der Waals surface area contributed by atoms with Crippen LogP contribution in [0, 0.1) is 5.92 Å². The molecule has 0 aliphatic heterocycles. The van der Waals surface area contributed by atoms with Crippen molar-refractivity contribution in [1.29, 1.82) is 0 Å². The molecule has 0 saturated heterocycles. The highest BCUT2D eigenvalue weighted by atomic mass is 19.4. The van der Waals surface area contributed by atoms with Gasteiger partial charge >= 0.3 is 18.4 Å². The first-order chi connectivity index (χ1) is 11.9. The highest BCUT2D eigenvalue weighted by molar-refractivity contribution is 5.90. The first-order valence-electron chi connectivity index (χ1n) is 7.53. The van der Waals surface area contributed by atoms with Crippen molar-refractivity contribution in [3.8, 4) is 11.5 Å². The number of amides is 2. The van der Waals surface area contributed by atoms with Gasteiger partial charge in [0.05, 0.1) is 0 Å². The molecule has 26 heavy (non-hydrogen) atoms. The van der Waals surface area contributed by atoms with Crippen LogP contribution in [0.25, 0.3) is 0 Å². The molecule has 11 heteroatoms. The molecule has 0 aromatic heterocycles. The molecule has 2 atom stereocenters. The van der Waals surface area contributed by atoms with E-state index < -0.39 is 43.1 Å². The maximum absolute atomic E-state index is 12.3. The van der Waals surface area contributed by atoms with Crippen LogP contribution < -0.4 is 20.1 Å². The standard InChI is InChI=1S/C15H16F6N2O3/c1-8-2-12(8)23-13(24)22-9-3-10(25-6-14(16,17)18)5-11(4-9)26-7-15(19,20)21/h3-5,8,12H,2,6-7H2,1H3,(H2,22,23,24)/t8-,12-/m1/s1. The summed E-state index contributed by atoms with van der Waals surface area (Å²) in [5, 5.41) is 4.95. The summed E-state index contributed by atoms with van der Waals surface area (Å²) in [5.41, 5.74) is -0.0624. The van der Waals surface area contributed by atoms with Gasteiger partial charge in [0, 0.05) is 29.9 Å². The van der Waals surface area contributed by atoms with Crippen LogP contribution in [0.3, 0.4) is 0 Å². The summed E-state index contributed by atoms with van der Waals surface area (Å²) in [4.78, 5) is 11.8. The molecule has 0 spiro atoms. The summed E-state index contributed by atoms with van der Waals surface area (Å²) in [7, 11) is 0. The lowest BCUT2D eigenvalue weighted by Crippen LogP contribution is -2.31. The minimum absolute atomic E-state index is 0.0133. The van der Waals surface area contributed by atoms with Crippen LogP contribution in [0.1, 0.15) is 13.3 Å². The minimum Gasteiger partial charge on any atom is -0.484 e. The Balaban J connectivity index is 2.09. The number of anilines is 1. The smallest absolute Gasteiger partial charge is 0.422 e. The average Bonchev–Trinajstić information content (AvgIpc) is 3.16. The number of hydrogen-bond donors (Lipinski definition) is 2. The summed E-state index contributed by atoms with van der Waals surface area (Å²) >= 11 is 0. The fourth-order valence-electron chi connectivity index (χ4n) is 2.00. The number of carbonyl (C=O) groups is 1. The Morgan fingerprint density at radius 3 is 1.88 bits per heavy atom. The van der Waals surface area contributed by atoms with Gasteiger partial charge in [0.15, 0.2) is 13.2 Å². The van der Waals surface area contributed by atoms with Gasteiger partial charge in [-0.15, -0.1) is 0 Å². The zero-order valence-corrected chi connectivity index (χ0v) is 13.5. The molecule has 2 N–H and O–H groups in total. The third-order valence-corrected chi connectivity index (χ3v) is 3.37. The van der Waals surface area contributed by atoms with Crippen LogP contribution in [0.5, 0.6) is 11.5 Å². The SMILES string of the molecule is C[C@@H]1C[C@H]1NC(=O)Nc1cc(OCC(F)(F)F)cc(OCC(F)(F)F)c1. The summed E-state index contributed by atoms with van der Waals surface area (Å²) in [6, 6.07) is 2.35. The van der Waals surface area contributed by atoms with Crippen molar-refractivity contribution in [3.63, 3.8) is 0 Å². The topological polar surface area (TPSA) is 59.6 Å². The van der Waals surface area contributed by atoms with E-state index in [0.29, 0.717) is 5.92 Å². The molecular weight excluding hydrogens is 370 g/mol. The van der Waals surface area contributed by atoms with E-state index in [1.54, 1.807) is 0 Å². The molecule has 0 radical (unpaired) electrons. The molecule has 1 aliphatic carbocycles. The number of ether oxygens (including phenoxy) is 2. The third-order valence-electron chi connectivity index (χ3n) is 3.37. The normalized spacial score (nSPS) is 19.7. The molecule has 0 heterocycles.